The summed E-state index contributed by atoms with van der Waals surface area (Å²) >= 11 is 1.31. The fraction of sp³-hybridized carbons (Fsp3) is 0.257. The van der Waals surface area contributed by atoms with E-state index < -0.39 is 41.8 Å². The summed E-state index contributed by atoms with van der Waals surface area (Å²) in [4.78, 5) is 31.1. The van der Waals surface area contributed by atoms with E-state index in [1.807, 2.05) is 11.4 Å². The lowest BCUT2D eigenvalue weighted by Crippen LogP contribution is -2.29. The number of benzene rings is 2. The van der Waals surface area contributed by atoms with Crippen molar-refractivity contribution in [1.29, 1.82) is 0 Å². The molecule has 49 heavy (non-hydrogen) atoms. The van der Waals surface area contributed by atoms with Crippen molar-refractivity contribution in [1.82, 2.24) is 25.4 Å². The van der Waals surface area contributed by atoms with E-state index in [4.69, 9.17) is 14.5 Å². The predicted octanol–water partition coefficient (Wildman–Crippen LogP) is 6.82. The summed E-state index contributed by atoms with van der Waals surface area (Å²) < 4.78 is 69.5. The summed E-state index contributed by atoms with van der Waals surface area (Å²) in [6.45, 7) is 4.78. The fourth-order valence-corrected chi connectivity index (χ4v) is 6.63. The smallest absolute Gasteiger partial charge is 0.254 e. The molecule has 0 bridgehead atoms. The Bertz CT molecular complexity index is 2020. The number of nitrogens with zero attached hydrogens (tertiary/aromatic N) is 3. The van der Waals surface area contributed by atoms with Crippen molar-refractivity contribution in [2.75, 3.05) is 33.4 Å². The second-order valence-electron chi connectivity index (χ2n) is 11.4. The SMILES string of the molecule is C=CC(=O)N[C@H](C)c1cc(-c2nc(-c3ccc(C(=O)N4C[C@@H](F)[C@@H](F)C4)cc3)c3ccsc3c2-c2c(F)cc(F)cc2OCCOC)n[nH]1. The number of hydrogen-bond acceptors (Lipinski definition) is 7. The summed E-state index contributed by atoms with van der Waals surface area (Å²) in [7, 11) is 1.48. The molecule has 0 aliphatic carbocycles. The lowest BCUT2D eigenvalue weighted by atomic mass is 9.96. The number of aromatic nitrogens is 3. The Morgan fingerprint density at radius 3 is 2.51 bits per heavy atom. The molecule has 2 N–H and O–H groups in total. The maximum Gasteiger partial charge on any atom is 0.254 e. The van der Waals surface area contributed by atoms with Crippen LogP contribution in [0.3, 0.4) is 0 Å². The summed E-state index contributed by atoms with van der Waals surface area (Å²) in [5.41, 5.74) is 2.67. The topological polar surface area (TPSA) is 109 Å². The van der Waals surface area contributed by atoms with E-state index in [9.17, 15) is 22.8 Å². The van der Waals surface area contributed by atoms with Crippen LogP contribution in [-0.2, 0) is 9.53 Å². The standard InChI is InChI=1S/C35H31F4N5O4S/c1-4-29(45)40-18(2)26-15-27(43-42-26)33-31(30-23(37)13-21(36)14-28(30)48-11-10-47-3)34-22(9-12-49-34)32(41-33)19-5-7-20(8-6-19)35(46)44-16-24(38)25(39)17-44/h4-9,12-15,18,24-25H,1,10-11,16-17H2,2-3H3,(H,40,45)(H,42,43)/t18-,24-,25+/m1/s1. The maximum absolute atomic E-state index is 15.9. The highest BCUT2D eigenvalue weighted by molar-refractivity contribution is 7.18. The van der Waals surface area contributed by atoms with Gasteiger partial charge in [-0.3, -0.25) is 14.7 Å². The van der Waals surface area contributed by atoms with Gasteiger partial charge in [0.2, 0.25) is 5.91 Å². The zero-order chi connectivity index (χ0) is 34.8. The van der Waals surface area contributed by atoms with Gasteiger partial charge in [0, 0.05) is 46.0 Å². The number of halogens is 4. The molecule has 2 aromatic carbocycles. The lowest BCUT2D eigenvalue weighted by molar-refractivity contribution is -0.117. The molecule has 0 spiro atoms. The zero-order valence-electron chi connectivity index (χ0n) is 26.4. The molecule has 254 valence electrons. The van der Waals surface area contributed by atoms with E-state index in [1.54, 1.807) is 37.3 Å². The van der Waals surface area contributed by atoms with Gasteiger partial charge in [0.15, 0.2) is 12.3 Å². The Labute approximate surface area is 282 Å². The molecule has 2 amide bonds. The molecule has 9 nitrogen and oxygen atoms in total. The minimum absolute atomic E-state index is 0.0222. The predicted molar refractivity (Wildman–Crippen MR) is 178 cm³/mol. The van der Waals surface area contributed by atoms with E-state index in [2.05, 4.69) is 22.1 Å². The Morgan fingerprint density at radius 2 is 1.82 bits per heavy atom. The third-order valence-electron chi connectivity index (χ3n) is 8.15. The van der Waals surface area contributed by atoms with Gasteiger partial charge in [0.25, 0.3) is 5.91 Å². The van der Waals surface area contributed by atoms with Crippen LogP contribution in [0.4, 0.5) is 17.6 Å². The molecule has 0 saturated carbocycles. The molecule has 1 fully saturated rings. The van der Waals surface area contributed by atoms with Crippen LogP contribution in [0, 0.1) is 11.6 Å². The second kappa shape index (κ2) is 14.2. The highest BCUT2D eigenvalue weighted by Gasteiger charge is 2.36. The molecule has 1 saturated heterocycles. The summed E-state index contributed by atoms with van der Waals surface area (Å²) in [6.07, 6.45) is -2.31. The number of pyridine rings is 1. The Balaban J connectivity index is 1.51. The van der Waals surface area contributed by atoms with Crippen molar-refractivity contribution in [3.63, 3.8) is 0 Å². The van der Waals surface area contributed by atoms with Gasteiger partial charge in [-0.25, -0.2) is 22.5 Å². The minimum Gasteiger partial charge on any atom is -0.490 e. The van der Waals surface area contributed by atoms with Gasteiger partial charge >= 0.3 is 0 Å². The first-order chi connectivity index (χ1) is 23.6. The van der Waals surface area contributed by atoms with E-state index >= 15 is 4.39 Å². The van der Waals surface area contributed by atoms with Gasteiger partial charge in [-0.05, 0) is 42.6 Å². The average molecular weight is 694 g/mol. The van der Waals surface area contributed by atoms with Gasteiger partial charge in [0.1, 0.15) is 35.4 Å². The first-order valence-corrected chi connectivity index (χ1v) is 16.2. The molecule has 5 aromatic rings. The quantitative estimate of drug-likeness (QED) is 0.0894. The number of nitrogens with one attached hydrogen (secondary N) is 2. The van der Waals surface area contributed by atoms with Crippen LogP contribution in [0.1, 0.15) is 29.0 Å². The number of thiophene rings is 1. The highest BCUT2D eigenvalue weighted by atomic mass is 32.1. The summed E-state index contributed by atoms with van der Waals surface area (Å²) in [6, 6.07) is 11.3. The maximum atomic E-state index is 15.9. The number of rotatable bonds is 11. The van der Waals surface area contributed by atoms with Crippen molar-refractivity contribution in [3.8, 4) is 39.5 Å². The van der Waals surface area contributed by atoms with E-state index in [0.29, 0.717) is 38.3 Å². The summed E-state index contributed by atoms with van der Waals surface area (Å²) in [5.74, 6) is -2.65. The molecular weight excluding hydrogens is 662 g/mol. The number of methoxy groups -OCH3 is 1. The molecule has 6 rings (SSSR count). The molecular formula is C35H31F4N5O4S. The molecule has 3 atom stereocenters. The molecule has 1 aliphatic heterocycles. The first-order valence-electron chi connectivity index (χ1n) is 15.3. The van der Waals surface area contributed by atoms with Gasteiger partial charge in [-0.15, -0.1) is 11.3 Å². The minimum atomic E-state index is -1.73. The number of ether oxygens (including phenoxy) is 2. The second-order valence-corrected chi connectivity index (χ2v) is 12.3. The molecule has 14 heteroatoms. The monoisotopic (exact) mass is 693 g/mol. The third kappa shape index (κ3) is 6.78. The van der Waals surface area contributed by atoms with Crippen LogP contribution in [0.5, 0.6) is 5.75 Å². The number of likely N-dealkylation sites (tertiary alicyclic amines) is 1. The van der Waals surface area contributed by atoms with Crippen LogP contribution in [0.2, 0.25) is 0 Å². The Morgan fingerprint density at radius 1 is 1.08 bits per heavy atom. The lowest BCUT2D eigenvalue weighted by Gasteiger charge is -2.18. The Hall–Kier alpha value is -5.08. The third-order valence-corrected chi connectivity index (χ3v) is 9.08. The molecule has 3 aromatic heterocycles. The molecule has 0 unspecified atom stereocenters. The zero-order valence-corrected chi connectivity index (χ0v) is 27.3. The van der Waals surface area contributed by atoms with Crippen LogP contribution in [0.25, 0.3) is 43.9 Å². The van der Waals surface area contributed by atoms with Gasteiger partial charge in [-0.1, -0.05) is 18.7 Å². The van der Waals surface area contributed by atoms with Crippen molar-refractivity contribution in [2.24, 2.45) is 0 Å². The largest absolute Gasteiger partial charge is 0.490 e. The van der Waals surface area contributed by atoms with Crippen molar-refractivity contribution in [3.05, 3.63) is 89.5 Å². The number of carbonyl (C=O) groups is 2. The van der Waals surface area contributed by atoms with Crippen LogP contribution >= 0.6 is 11.3 Å². The number of fused-ring (bicyclic) bond motifs is 1. The van der Waals surface area contributed by atoms with Gasteiger partial charge in [-0.2, -0.15) is 5.10 Å². The average Bonchev–Trinajstić information content (AvgIpc) is 3.85. The van der Waals surface area contributed by atoms with Crippen LogP contribution in [-0.4, -0.2) is 77.7 Å². The van der Waals surface area contributed by atoms with Crippen LogP contribution in [0.15, 0.2) is 66.6 Å². The number of alkyl halides is 2. The van der Waals surface area contributed by atoms with Gasteiger partial charge in [0.05, 0.1) is 42.7 Å². The van der Waals surface area contributed by atoms with E-state index in [0.717, 1.165) is 23.1 Å². The fourth-order valence-electron chi connectivity index (χ4n) is 5.68. The van der Waals surface area contributed by atoms with Crippen molar-refractivity contribution >= 4 is 33.2 Å². The number of H-pyrrole nitrogens is 1. The Kier molecular flexibility index (Phi) is 9.79. The van der Waals surface area contributed by atoms with Crippen molar-refractivity contribution < 1.29 is 36.6 Å². The molecule has 0 radical (unpaired) electrons. The number of amides is 2. The normalized spacial score (nSPS) is 16.6. The highest BCUT2D eigenvalue weighted by Crippen LogP contribution is 2.47. The number of carbonyl (C=O) groups excluding carboxylic acids is 2. The van der Waals surface area contributed by atoms with Crippen LogP contribution < -0.4 is 10.1 Å². The number of aromatic amines is 1. The van der Waals surface area contributed by atoms with Crippen molar-refractivity contribution in [2.45, 2.75) is 25.3 Å². The molecule has 1 aliphatic rings. The summed E-state index contributed by atoms with van der Waals surface area (Å²) in [5, 5.41) is 12.6. The van der Waals surface area contributed by atoms with E-state index in [-0.39, 0.29) is 48.9 Å². The first kappa shape index (κ1) is 33.8. The van der Waals surface area contributed by atoms with Gasteiger partial charge < -0.3 is 19.7 Å². The van der Waals surface area contributed by atoms with E-state index in [1.165, 1.54) is 18.4 Å². The number of hydrogen-bond donors (Lipinski definition) is 2. The molecule has 4 heterocycles.